The van der Waals surface area contributed by atoms with Crippen molar-refractivity contribution in [1.82, 2.24) is 4.98 Å². The number of benzene rings is 2. The molecule has 0 spiro atoms. The van der Waals surface area contributed by atoms with E-state index >= 15 is 0 Å². The van der Waals surface area contributed by atoms with E-state index in [0.717, 1.165) is 15.6 Å². The van der Waals surface area contributed by atoms with Crippen molar-refractivity contribution in [3.63, 3.8) is 0 Å². The van der Waals surface area contributed by atoms with Crippen molar-refractivity contribution in [3.8, 4) is 17.3 Å². The molecule has 1 aromatic heterocycles. The minimum Gasteiger partial charge on any atom is -0.324 e. The second-order valence-corrected chi connectivity index (χ2v) is 7.72. The molecule has 0 bridgehead atoms. The minimum atomic E-state index is -0.318. The number of carbonyl (C=O) groups excluding carboxylic acids is 1. The van der Waals surface area contributed by atoms with Crippen molar-refractivity contribution in [3.05, 3.63) is 65.5 Å². The van der Waals surface area contributed by atoms with Gasteiger partial charge in [-0.3, -0.25) is 4.79 Å². The Morgan fingerprint density at radius 2 is 1.92 bits per heavy atom. The predicted octanol–water partition coefficient (Wildman–Crippen LogP) is 4.80. The Labute approximate surface area is 154 Å². The molecule has 2 aromatic carbocycles. The van der Waals surface area contributed by atoms with Gasteiger partial charge in [0.2, 0.25) is 5.91 Å². The number of carbonyl (C=O) groups is 1. The van der Waals surface area contributed by atoms with Crippen molar-refractivity contribution in [2.75, 3.05) is 5.32 Å². The SMILES string of the molecule is C[C@@H](Sc1nc(-c2ccccc2)cs1)C(=O)Nc1ccccc1C#N. The smallest absolute Gasteiger partial charge is 0.237 e. The van der Waals surface area contributed by atoms with Crippen LogP contribution < -0.4 is 5.32 Å². The molecule has 124 valence electrons. The Morgan fingerprint density at radius 3 is 2.68 bits per heavy atom. The van der Waals surface area contributed by atoms with Gasteiger partial charge in [0, 0.05) is 10.9 Å². The normalized spacial score (nSPS) is 11.5. The molecule has 1 heterocycles. The quantitative estimate of drug-likeness (QED) is 0.660. The van der Waals surface area contributed by atoms with Gasteiger partial charge in [-0.1, -0.05) is 54.2 Å². The lowest BCUT2D eigenvalue weighted by molar-refractivity contribution is -0.115. The number of anilines is 1. The van der Waals surface area contributed by atoms with Gasteiger partial charge >= 0.3 is 0 Å². The van der Waals surface area contributed by atoms with Crippen molar-refractivity contribution in [1.29, 1.82) is 5.26 Å². The van der Waals surface area contributed by atoms with E-state index in [9.17, 15) is 4.79 Å². The summed E-state index contributed by atoms with van der Waals surface area (Å²) in [6.45, 7) is 1.83. The summed E-state index contributed by atoms with van der Waals surface area (Å²) < 4.78 is 0.843. The molecule has 0 radical (unpaired) electrons. The number of hydrogen-bond donors (Lipinski definition) is 1. The van der Waals surface area contributed by atoms with Crippen LogP contribution in [0.25, 0.3) is 11.3 Å². The molecule has 0 fully saturated rings. The number of hydrogen-bond acceptors (Lipinski definition) is 5. The van der Waals surface area contributed by atoms with Crippen LogP contribution in [0.5, 0.6) is 0 Å². The predicted molar refractivity (Wildman–Crippen MR) is 103 cm³/mol. The van der Waals surface area contributed by atoms with E-state index in [1.807, 2.05) is 42.6 Å². The Bertz CT molecular complexity index is 916. The lowest BCUT2D eigenvalue weighted by Crippen LogP contribution is -2.22. The lowest BCUT2D eigenvalue weighted by Gasteiger charge is -2.11. The van der Waals surface area contributed by atoms with Gasteiger partial charge in [-0.2, -0.15) is 5.26 Å². The van der Waals surface area contributed by atoms with E-state index in [2.05, 4.69) is 16.4 Å². The summed E-state index contributed by atoms with van der Waals surface area (Å²) in [5.41, 5.74) is 2.96. The topological polar surface area (TPSA) is 65.8 Å². The van der Waals surface area contributed by atoms with Crippen LogP contribution >= 0.6 is 23.1 Å². The van der Waals surface area contributed by atoms with Crippen molar-refractivity contribution >= 4 is 34.7 Å². The first-order valence-corrected chi connectivity index (χ1v) is 9.41. The molecule has 0 saturated heterocycles. The highest BCUT2D eigenvalue weighted by Gasteiger charge is 2.18. The molecule has 0 aliphatic carbocycles. The first kappa shape index (κ1) is 17.2. The number of amides is 1. The Hall–Kier alpha value is -2.62. The molecule has 3 rings (SSSR count). The van der Waals surface area contributed by atoms with Gasteiger partial charge in [-0.05, 0) is 19.1 Å². The molecule has 1 amide bonds. The second kappa shape index (κ2) is 7.97. The molecule has 6 heteroatoms. The van der Waals surface area contributed by atoms with Crippen molar-refractivity contribution in [2.45, 2.75) is 16.5 Å². The summed E-state index contributed by atoms with van der Waals surface area (Å²) in [4.78, 5) is 17.0. The number of nitrogens with one attached hydrogen (secondary N) is 1. The monoisotopic (exact) mass is 365 g/mol. The first-order valence-electron chi connectivity index (χ1n) is 7.65. The number of nitriles is 1. The first-order chi connectivity index (χ1) is 12.2. The summed E-state index contributed by atoms with van der Waals surface area (Å²) in [6.07, 6.45) is 0. The van der Waals surface area contributed by atoms with E-state index < -0.39 is 0 Å². The van der Waals surface area contributed by atoms with Crippen LogP contribution in [0.4, 0.5) is 5.69 Å². The van der Waals surface area contributed by atoms with E-state index in [1.165, 1.54) is 23.1 Å². The average molecular weight is 365 g/mol. The van der Waals surface area contributed by atoms with Crippen LogP contribution in [-0.2, 0) is 4.79 Å². The second-order valence-electron chi connectivity index (χ2n) is 5.27. The van der Waals surface area contributed by atoms with Crippen LogP contribution in [-0.4, -0.2) is 16.1 Å². The minimum absolute atomic E-state index is 0.149. The molecular formula is C19H15N3OS2. The molecule has 3 aromatic rings. The van der Waals surface area contributed by atoms with Crippen LogP contribution in [0.1, 0.15) is 12.5 Å². The fraction of sp³-hybridized carbons (Fsp3) is 0.105. The van der Waals surface area contributed by atoms with Gasteiger partial charge < -0.3 is 5.32 Å². The van der Waals surface area contributed by atoms with Gasteiger partial charge in [-0.25, -0.2) is 4.98 Å². The summed E-state index contributed by atoms with van der Waals surface area (Å²) >= 11 is 2.94. The third-order valence-electron chi connectivity index (χ3n) is 3.50. The summed E-state index contributed by atoms with van der Waals surface area (Å²) in [5, 5.41) is 13.6. The van der Waals surface area contributed by atoms with E-state index in [1.54, 1.807) is 24.3 Å². The molecule has 0 aliphatic rings. The zero-order valence-electron chi connectivity index (χ0n) is 13.5. The van der Waals surface area contributed by atoms with Crippen molar-refractivity contribution < 1.29 is 4.79 Å². The Kier molecular flexibility index (Phi) is 5.49. The maximum Gasteiger partial charge on any atom is 0.237 e. The largest absolute Gasteiger partial charge is 0.324 e. The number of rotatable bonds is 5. The highest BCUT2D eigenvalue weighted by Crippen LogP contribution is 2.31. The number of nitrogens with zero attached hydrogens (tertiary/aromatic N) is 2. The van der Waals surface area contributed by atoms with Crippen LogP contribution in [0, 0.1) is 11.3 Å². The van der Waals surface area contributed by atoms with Gasteiger partial charge in [0.25, 0.3) is 0 Å². The summed E-state index contributed by atoms with van der Waals surface area (Å²) in [5.74, 6) is -0.149. The standard InChI is InChI=1S/C19H15N3OS2/c1-13(18(23)21-16-10-6-5-9-15(16)11-20)25-19-22-17(12-24-19)14-7-3-2-4-8-14/h2-10,12-13H,1H3,(H,21,23)/t13-/m1/s1. The van der Waals surface area contributed by atoms with E-state index in [0.29, 0.717) is 11.3 Å². The number of para-hydroxylation sites is 1. The molecule has 0 unspecified atom stereocenters. The molecule has 25 heavy (non-hydrogen) atoms. The maximum absolute atomic E-state index is 12.4. The molecule has 0 aliphatic heterocycles. The zero-order chi connectivity index (χ0) is 17.6. The number of aromatic nitrogens is 1. The van der Waals surface area contributed by atoms with Crippen LogP contribution in [0.3, 0.4) is 0 Å². The van der Waals surface area contributed by atoms with Crippen LogP contribution in [0.2, 0.25) is 0 Å². The molecule has 1 atom stereocenters. The van der Waals surface area contributed by atoms with E-state index in [-0.39, 0.29) is 11.2 Å². The summed E-state index contributed by atoms with van der Waals surface area (Å²) in [7, 11) is 0. The Balaban J connectivity index is 1.66. The third-order valence-corrected chi connectivity index (χ3v) is 5.58. The molecular weight excluding hydrogens is 350 g/mol. The lowest BCUT2D eigenvalue weighted by atomic mass is 10.2. The maximum atomic E-state index is 12.4. The molecule has 1 N–H and O–H groups in total. The molecule has 0 saturated carbocycles. The molecule has 4 nitrogen and oxygen atoms in total. The third kappa shape index (κ3) is 4.27. The zero-order valence-corrected chi connectivity index (χ0v) is 15.1. The Morgan fingerprint density at radius 1 is 1.20 bits per heavy atom. The fourth-order valence-corrected chi connectivity index (χ4v) is 4.15. The van der Waals surface area contributed by atoms with Crippen LogP contribution in [0.15, 0.2) is 64.3 Å². The highest BCUT2D eigenvalue weighted by molar-refractivity contribution is 8.02. The highest BCUT2D eigenvalue weighted by atomic mass is 32.2. The number of thioether (sulfide) groups is 1. The summed E-state index contributed by atoms with van der Waals surface area (Å²) in [6, 6.07) is 19.0. The van der Waals surface area contributed by atoms with Gasteiger partial charge in [0.15, 0.2) is 4.34 Å². The van der Waals surface area contributed by atoms with Gasteiger partial charge in [0.05, 0.1) is 22.2 Å². The van der Waals surface area contributed by atoms with E-state index in [4.69, 9.17) is 5.26 Å². The fourth-order valence-electron chi connectivity index (χ4n) is 2.18. The van der Waals surface area contributed by atoms with Gasteiger partial charge in [0.1, 0.15) is 6.07 Å². The van der Waals surface area contributed by atoms with Gasteiger partial charge in [-0.15, -0.1) is 11.3 Å². The average Bonchev–Trinajstić information content (AvgIpc) is 3.11. The van der Waals surface area contributed by atoms with Crippen molar-refractivity contribution in [2.24, 2.45) is 0 Å². The number of thiazole rings is 1.